The maximum absolute atomic E-state index is 12.6. The molecule has 0 saturated carbocycles. The Labute approximate surface area is 134 Å². The van der Waals surface area contributed by atoms with Crippen LogP contribution in [0.5, 0.6) is 0 Å². The van der Waals surface area contributed by atoms with Gasteiger partial charge in [-0.25, -0.2) is 0 Å². The zero-order valence-corrected chi connectivity index (χ0v) is 13.0. The highest BCUT2D eigenvalue weighted by Gasteiger charge is 2.30. The maximum Gasteiger partial charge on any atom is 0.229 e. The van der Waals surface area contributed by atoms with E-state index in [0.29, 0.717) is 17.1 Å². The van der Waals surface area contributed by atoms with Crippen molar-refractivity contribution in [3.8, 4) is 0 Å². The monoisotopic (exact) mass is 315 g/mol. The molecule has 2 N–H and O–H groups in total. The Kier molecular flexibility index (Phi) is 4.29. The van der Waals surface area contributed by atoms with E-state index in [0.717, 1.165) is 30.6 Å². The lowest BCUT2D eigenvalue weighted by Crippen LogP contribution is -2.32. The minimum atomic E-state index is 0.0970. The summed E-state index contributed by atoms with van der Waals surface area (Å²) >= 11 is 6.07. The molecule has 3 rings (SSSR count). The highest BCUT2D eigenvalue weighted by molar-refractivity contribution is 6.30. The number of carbonyl (C=O) groups excluding carboxylic acids is 1. The summed E-state index contributed by atoms with van der Waals surface area (Å²) < 4.78 is 0. The molecule has 1 aliphatic heterocycles. The number of nitrogen functional groups attached to an aromatic ring is 1. The maximum atomic E-state index is 12.6. The second kappa shape index (κ2) is 6.36. The van der Waals surface area contributed by atoms with Gasteiger partial charge in [0.25, 0.3) is 0 Å². The third kappa shape index (κ3) is 3.22. The van der Waals surface area contributed by atoms with Gasteiger partial charge in [-0.2, -0.15) is 0 Å². The average molecular weight is 316 g/mol. The van der Waals surface area contributed by atoms with Gasteiger partial charge in [-0.1, -0.05) is 23.7 Å². The number of nitrogens with two attached hydrogens (primary N) is 1. The van der Waals surface area contributed by atoms with Gasteiger partial charge in [0.1, 0.15) is 0 Å². The second-order valence-corrected chi connectivity index (χ2v) is 6.00. The minimum Gasteiger partial charge on any atom is -0.397 e. The molecule has 2 heterocycles. The number of carbonyl (C=O) groups is 1. The van der Waals surface area contributed by atoms with Crippen molar-refractivity contribution in [3.63, 3.8) is 0 Å². The van der Waals surface area contributed by atoms with Crippen LogP contribution in [0.1, 0.15) is 30.1 Å². The van der Waals surface area contributed by atoms with Crippen molar-refractivity contribution in [1.29, 1.82) is 0 Å². The minimum absolute atomic E-state index is 0.0970. The molecule has 2 aromatic rings. The number of anilines is 1. The van der Waals surface area contributed by atoms with E-state index < -0.39 is 0 Å². The largest absolute Gasteiger partial charge is 0.397 e. The zero-order valence-electron chi connectivity index (χ0n) is 12.2. The Morgan fingerprint density at radius 2 is 2.23 bits per heavy atom. The molecule has 0 radical (unpaired) electrons. The lowest BCUT2D eigenvalue weighted by Gasteiger charge is -2.25. The van der Waals surface area contributed by atoms with Gasteiger partial charge in [0.15, 0.2) is 0 Å². The summed E-state index contributed by atoms with van der Waals surface area (Å²) in [4.78, 5) is 18.7. The number of amides is 1. The van der Waals surface area contributed by atoms with Gasteiger partial charge in [-0.05, 0) is 42.7 Å². The second-order valence-electron chi connectivity index (χ2n) is 5.56. The van der Waals surface area contributed by atoms with Crippen molar-refractivity contribution in [3.05, 3.63) is 58.9 Å². The van der Waals surface area contributed by atoms with Crippen LogP contribution in [0.15, 0.2) is 42.6 Å². The molecule has 1 fully saturated rings. The van der Waals surface area contributed by atoms with Crippen LogP contribution in [0.25, 0.3) is 0 Å². The van der Waals surface area contributed by atoms with Crippen molar-refractivity contribution in [1.82, 2.24) is 9.88 Å². The molecule has 1 aromatic carbocycles. The first-order valence-electron chi connectivity index (χ1n) is 7.39. The number of hydrogen-bond donors (Lipinski definition) is 1. The van der Waals surface area contributed by atoms with Gasteiger partial charge in [0.05, 0.1) is 24.3 Å². The van der Waals surface area contributed by atoms with E-state index >= 15 is 0 Å². The number of pyridine rings is 1. The standard InChI is InChI=1S/C17H18ClN3O/c18-13-4-1-3-12(9-13)16-5-2-8-21(16)17(22)10-15-7-6-14(19)11-20-15/h1,3-4,6-7,9,11,16H,2,5,8,10,19H2. The van der Waals surface area contributed by atoms with Crippen LogP contribution in [-0.4, -0.2) is 22.3 Å². The van der Waals surface area contributed by atoms with Crippen LogP contribution < -0.4 is 5.73 Å². The van der Waals surface area contributed by atoms with E-state index in [1.807, 2.05) is 29.2 Å². The topological polar surface area (TPSA) is 59.2 Å². The van der Waals surface area contributed by atoms with E-state index in [1.165, 1.54) is 0 Å². The van der Waals surface area contributed by atoms with Crippen molar-refractivity contribution >= 4 is 23.2 Å². The quantitative estimate of drug-likeness (QED) is 0.946. The molecule has 1 aliphatic rings. The smallest absolute Gasteiger partial charge is 0.229 e. The van der Waals surface area contributed by atoms with E-state index in [4.69, 9.17) is 17.3 Å². The number of likely N-dealkylation sites (tertiary alicyclic amines) is 1. The summed E-state index contributed by atoms with van der Waals surface area (Å²) in [6.07, 6.45) is 3.87. The molecule has 1 unspecified atom stereocenters. The molecule has 1 atom stereocenters. The molecule has 4 nitrogen and oxygen atoms in total. The van der Waals surface area contributed by atoms with Gasteiger partial charge in [0, 0.05) is 17.3 Å². The van der Waals surface area contributed by atoms with Gasteiger partial charge in [-0.15, -0.1) is 0 Å². The normalized spacial score (nSPS) is 17.7. The van der Waals surface area contributed by atoms with Crippen LogP contribution in [0.2, 0.25) is 5.02 Å². The number of halogens is 1. The molecule has 22 heavy (non-hydrogen) atoms. The van der Waals surface area contributed by atoms with Crippen LogP contribution >= 0.6 is 11.6 Å². The molecule has 0 bridgehead atoms. The fourth-order valence-corrected chi connectivity index (χ4v) is 3.12. The predicted molar refractivity (Wildman–Crippen MR) is 87.5 cm³/mol. The molecule has 114 valence electrons. The molecular weight excluding hydrogens is 298 g/mol. The zero-order chi connectivity index (χ0) is 15.5. The van der Waals surface area contributed by atoms with E-state index in [1.54, 1.807) is 18.3 Å². The Morgan fingerprint density at radius 1 is 1.36 bits per heavy atom. The first-order valence-corrected chi connectivity index (χ1v) is 7.76. The molecule has 1 saturated heterocycles. The van der Waals surface area contributed by atoms with Crippen molar-refractivity contribution in [2.75, 3.05) is 12.3 Å². The number of nitrogens with zero attached hydrogens (tertiary/aromatic N) is 2. The van der Waals surface area contributed by atoms with Crippen molar-refractivity contribution < 1.29 is 4.79 Å². The molecule has 1 aromatic heterocycles. The SMILES string of the molecule is Nc1ccc(CC(=O)N2CCCC2c2cccc(Cl)c2)nc1. The lowest BCUT2D eigenvalue weighted by molar-refractivity contribution is -0.131. The summed E-state index contributed by atoms with van der Waals surface area (Å²) in [5.74, 6) is 0.0970. The summed E-state index contributed by atoms with van der Waals surface area (Å²) in [6, 6.07) is 11.4. The predicted octanol–water partition coefficient (Wildman–Crippen LogP) is 3.22. The van der Waals surface area contributed by atoms with Crippen LogP contribution in [0.4, 0.5) is 5.69 Å². The summed E-state index contributed by atoms with van der Waals surface area (Å²) in [5.41, 5.74) is 8.07. The summed E-state index contributed by atoms with van der Waals surface area (Å²) in [5, 5.41) is 0.706. The first kappa shape index (κ1) is 14.9. The van der Waals surface area contributed by atoms with Crippen LogP contribution in [-0.2, 0) is 11.2 Å². The Hall–Kier alpha value is -2.07. The third-order valence-electron chi connectivity index (χ3n) is 3.99. The number of benzene rings is 1. The Bertz CT molecular complexity index is 672. The van der Waals surface area contributed by atoms with Gasteiger partial charge >= 0.3 is 0 Å². The summed E-state index contributed by atoms with van der Waals surface area (Å²) in [6.45, 7) is 0.783. The third-order valence-corrected chi connectivity index (χ3v) is 4.22. The van der Waals surface area contributed by atoms with Crippen LogP contribution in [0.3, 0.4) is 0 Å². The fraction of sp³-hybridized carbons (Fsp3) is 0.294. The first-order chi connectivity index (χ1) is 10.6. The Morgan fingerprint density at radius 3 is 2.95 bits per heavy atom. The highest BCUT2D eigenvalue weighted by atomic mass is 35.5. The molecule has 1 amide bonds. The highest BCUT2D eigenvalue weighted by Crippen LogP contribution is 2.33. The molecule has 0 aliphatic carbocycles. The molecule has 5 heteroatoms. The van der Waals surface area contributed by atoms with Gasteiger partial charge in [-0.3, -0.25) is 9.78 Å². The fourth-order valence-electron chi connectivity index (χ4n) is 2.92. The van der Waals surface area contributed by atoms with Gasteiger partial charge < -0.3 is 10.6 Å². The van der Waals surface area contributed by atoms with Crippen molar-refractivity contribution in [2.45, 2.75) is 25.3 Å². The number of hydrogen-bond acceptors (Lipinski definition) is 3. The number of aromatic nitrogens is 1. The van der Waals surface area contributed by atoms with Crippen LogP contribution in [0, 0.1) is 0 Å². The Balaban J connectivity index is 1.75. The molecular formula is C17H18ClN3O. The van der Waals surface area contributed by atoms with Crippen molar-refractivity contribution in [2.24, 2.45) is 0 Å². The van der Waals surface area contributed by atoms with Gasteiger partial charge in [0.2, 0.25) is 5.91 Å². The lowest BCUT2D eigenvalue weighted by atomic mass is 10.0. The molecule has 0 spiro atoms. The number of rotatable bonds is 3. The van der Waals surface area contributed by atoms with E-state index in [-0.39, 0.29) is 11.9 Å². The average Bonchev–Trinajstić information content (AvgIpc) is 2.99. The summed E-state index contributed by atoms with van der Waals surface area (Å²) in [7, 11) is 0. The van der Waals surface area contributed by atoms with E-state index in [9.17, 15) is 4.79 Å². The van der Waals surface area contributed by atoms with E-state index in [2.05, 4.69) is 4.98 Å².